The van der Waals surface area contributed by atoms with Crippen molar-refractivity contribution in [2.45, 2.75) is 26.7 Å². The molecule has 0 bridgehead atoms. The van der Waals surface area contributed by atoms with Gasteiger partial charge in [0.1, 0.15) is 11.6 Å². The van der Waals surface area contributed by atoms with Crippen molar-refractivity contribution in [3.8, 4) is 5.75 Å². The summed E-state index contributed by atoms with van der Waals surface area (Å²) >= 11 is 0. The highest BCUT2D eigenvalue weighted by Crippen LogP contribution is 2.20. The second kappa shape index (κ2) is 7.18. The summed E-state index contributed by atoms with van der Waals surface area (Å²) in [6.45, 7) is 5.06. The number of hydrogen-bond acceptors (Lipinski definition) is 4. The summed E-state index contributed by atoms with van der Waals surface area (Å²) in [7, 11) is 3.65. The zero-order valence-electron chi connectivity index (χ0n) is 13.2. The summed E-state index contributed by atoms with van der Waals surface area (Å²) in [6, 6.07) is 8.01. The Morgan fingerprint density at radius 1 is 1.10 bits per heavy atom. The molecule has 4 nitrogen and oxygen atoms in total. The molecule has 0 saturated heterocycles. The first-order valence-corrected chi connectivity index (χ1v) is 7.25. The van der Waals surface area contributed by atoms with Crippen LogP contribution < -0.4 is 10.1 Å². The normalized spacial score (nSPS) is 10.7. The average Bonchev–Trinajstić information content (AvgIpc) is 2.47. The van der Waals surface area contributed by atoms with Crippen LogP contribution in [0.5, 0.6) is 5.75 Å². The Bertz CT molecular complexity index is 588. The lowest BCUT2D eigenvalue weighted by molar-refractivity contribution is 0.410. The van der Waals surface area contributed by atoms with Gasteiger partial charge in [0, 0.05) is 23.4 Å². The van der Waals surface area contributed by atoms with Crippen LogP contribution in [-0.2, 0) is 12.8 Å². The van der Waals surface area contributed by atoms with E-state index in [0.29, 0.717) is 6.42 Å². The van der Waals surface area contributed by atoms with Gasteiger partial charge in [-0.1, -0.05) is 18.2 Å². The van der Waals surface area contributed by atoms with Crippen LogP contribution in [-0.4, -0.2) is 30.7 Å². The number of nitrogens with zero attached hydrogens (tertiary/aromatic N) is 2. The maximum Gasteiger partial charge on any atom is 0.133 e. The number of nitrogens with one attached hydrogen (secondary N) is 1. The minimum atomic E-state index is 0.692. The topological polar surface area (TPSA) is 47.0 Å². The minimum absolute atomic E-state index is 0.692. The van der Waals surface area contributed by atoms with Gasteiger partial charge in [-0.25, -0.2) is 9.97 Å². The molecule has 2 aromatic rings. The molecule has 0 amide bonds. The Hall–Kier alpha value is -1.94. The van der Waals surface area contributed by atoms with Gasteiger partial charge in [-0.2, -0.15) is 0 Å². The SMILES string of the molecule is CNCCc1c(C)nc(Cc2ccccc2OC)nc1C. The monoisotopic (exact) mass is 285 g/mol. The molecule has 0 atom stereocenters. The number of likely N-dealkylation sites (N-methyl/N-ethyl adjacent to an activating group) is 1. The molecule has 1 N–H and O–H groups in total. The quantitative estimate of drug-likeness (QED) is 0.885. The molecule has 0 radical (unpaired) electrons. The second-order valence-electron chi connectivity index (χ2n) is 5.13. The molecule has 1 heterocycles. The van der Waals surface area contributed by atoms with Crippen LogP contribution in [0, 0.1) is 13.8 Å². The molecule has 1 aromatic heterocycles. The Morgan fingerprint density at radius 3 is 2.38 bits per heavy atom. The number of para-hydroxylation sites is 1. The maximum atomic E-state index is 5.39. The van der Waals surface area contributed by atoms with Gasteiger partial charge in [-0.15, -0.1) is 0 Å². The first kappa shape index (κ1) is 15.4. The molecule has 112 valence electrons. The van der Waals surface area contributed by atoms with Crippen molar-refractivity contribution >= 4 is 0 Å². The second-order valence-corrected chi connectivity index (χ2v) is 5.13. The third kappa shape index (κ3) is 3.79. The highest BCUT2D eigenvalue weighted by Gasteiger charge is 2.10. The summed E-state index contributed by atoms with van der Waals surface area (Å²) in [5, 5.41) is 3.17. The number of benzene rings is 1. The van der Waals surface area contributed by atoms with Gasteiger partial charge in [0.25, 0.3) is 0 Å². The van der Waals surface area contributed by atoms with E-state index in [4.69, 9.17) is 4.74 Å². The van der Waals surface area contributed by atoms with Gasteiger partial charge in [0.15, 0.2) is 0 Å². The number of ether oxygens (including phenoxy) is 1. The first-order chi connectivity index (χ1) is 10.2. The summed E-state index contributed by atoms with van der Waals surface area (Å²) in [5.41, 5.74) is 4.50. The van der Waals surface area contributed by atoms with Gasteiger partial charge in [0.05, 0.1) is 7.11 Å². The summed E-state index contributed by atoms with van der Waals surface area (Å²) in [5.74, 6) is 1.73. The van der Waals surface area contributed by atoms with E-state index in [0.717, 1.165) is 41.5 Å². The summed E-state index contributed by atoms with van der Waals surface area (Å²) < 4.78 is 5.39. The number of methoxy groups -OCH3 is 1. The highest BCUT2D eigenvalue weighted by atomic mass is 16.5. The van der Waals surface area contributed by atoms with Gasteiger partial charge < -0.3 is 10.1 Å². The van der Waals surface area contributed by atoms with Gasteiger partial charge >= 0.3 is 0 Å². The predicted molar refractivity (Wildman–Crippen MR) is 84.9 cm³/mol. The largest absolute Gasteiger partial charge is 0.496 e. The van der Waals surface area contributed by atoms with E-state index in [1.165, 1.54) is 5.56 Å². The molecule has 0 spiro atoms. The van der Waals surface area contributed by atoms with E-state index in [1.54, 1.807) is 7.11 Å². The summed E-state index contributed by atoms with van der Waals surface area (Å²) in [6.07, 6.45) is 1.65. The third-order valence-corrected chi connectivity index (χ3v) is 3.63. The lowest BCUT2D eigenvalue weighted by atomic mass is 10.1. The molecule has 2 rings (SSSR count). The van der Waals surface area contributed by atoms with Crippen LogP contribution in [0.4, 0.5) is 0 Å². The molecule has 0 aliphatic carbocycles. The van der Waals surface area contributed by atoms with Crippen LogP contribution in [0.3, 0.4) is 0 Å². The molecule has 1 aromatic carbocycles. The van der Waals surface area contributed by atoms with Crippen molar-refractivity contribution in [2.75, 3.05) is 20.7 Å². The number of aryl methyl sites for hydroxylation is 2. The van der Waals surface area contributed by atoms with Crippen LogP contribution in [0.1, 0.15) is 28.3 Å². The van der Waals surface area contributed by atoms with Gasteiger partial charge in [-0.3, -0.25) is 0 Å². The number of rotatable bonds is 6. The van der Waals surface area contributed by atoms with Crippen molar-refractivity contribution < 1.29 is 4.74 Å². The Labute approximate surface area is 126 Å². The van der Waals surface area contributed by atoms with E-state index < -0.39 is 0 Å². The zero-order chi connectivity index (χ0) is 15.2. The van der Waals surface area contributed by atoms with Crippen LogP contribution in [0.15, 0.2) is 24.3 Å². The highest BCUT2D eigenvalue weighted by molar-refractivity contribution is 5.36. The lowest BCUT2D eigenvalue weighted by Gasteiger charge is -2.12. The minimum Gasteiger partial charge on any atom is -0.496 e. The Balaban J connectivity index is 2.25. The van der Waals surface area contributed by atoms with Gasteiger partial charge in [-0.05, 0) is 45.5 Å². The Kier molecular flexibility index (Phi) is 5.28. The number of hydrogen-bond donors (Lipinski definition) is 1. The van der Waals surface area contributed by atoms with Crippen molar-refractivity contribution in [1.29, 1.82) is 0 Å². The molecule has 4 heteroatoms. The molecule has 21 heavy (non-hydrogen) atoms. The first-order valence-electron chi connectivity index (χ1n) is 7.25. The van der Waals surface area contributed by atoms with E-state index in [9.17, 15) is 0 Å². The molecule has 0 fully saturated rings. The molecule has 0 unspecified atom stereocenters. The van der Waals surface area contributed by atoms with Crippen molar-refractivity contribution in [1.82, 2.24) is 15.3 Å². The van der Waals surface area contributed by atoms with Crippen LogP contribution in [0.2, 0.25) is 0 Å². The van der Waals surface area contributed by atoms with E-state index in [1.807, 2.05) is 25.2 Å². The lowest BCUT2D eigenvalue weighted by Crippen LogP contribution is -2.14. The zero-order valence-corrected chi connectivity index (χ0v) is 13.2. The summed E-state index contributed by atoms with van der Waals surface area (Å²) in [4.78, 5) is 9.33. The van der Waals surface area contributed by atoms with Gasteiger partial charge in [0.2, 0.25) is 0 Å². The average molecular weight is 285 g/mol. The molecule has 0 aliphatic rings. The molecule has 0 aliphatic heterocycles. The molecule has 0 saturated carbocycles. The van der Waals surface area contributed by atoms with E-state index in [2.05, 4.69) is 35.2 Å². The predicted octanol–water partition coefficient (Wildman–Crippen LogP) is 2.45. The smallest absolute Gasteiger partial charge is 0.133 e. The molecular weight excluding hydrogens is 262 g/mol. The van der Waals surface area contributed by atoms with E-state index in [-0.39, 0.29) is 0 Å². The van der Waals surface area contributed by atoms with Crippen LogP contribution in [0.25, 0.3) is 0 Å². The molecular formula is C17H23N3O. The van der Waals surface area contributed by atoms with Crippen LogP contribution >= 0.6 is 0 Å². The van der Waals surface area contributed by atoms with E-state index >= 15 is 0 Å². The fourth-order valence-electron chi connectivity index (χ4n) is 2.52. The third-order valence-electron chi connectivity index (χ3n) is 3.63. The fraction of sp³-hybridized carbons (Fsp3) is 0.412. The fourth-order valence-corrected chi connectivity index (χ4v) is 2.52. The van der Waals surface area contributed by atoms with Crippen molar-refractivity contribution in [2.24, 2.45) is 0 Å². The standard InChI is InChI=1S/C17H23N3O/c1-12-15(9-10-18-3)13(2)20-17(19-12)11-14-7-5-6-8-16(14)21-4/h5-8,18H,9-11H2,1-4H3. The Morgan fingerprint density at radius 2 is 1.76 bits per heavy atom. The maximum absolute atomic E-state index is 5.39. The number of aromatic nitrogens is 2. The van der Waals surface area contributed by atoms with Crippen molar-refractivity contribution in [3.63, 3.8) is 0 Å². The van der Waals surface area contributed by atoms with Crippen molar-refractivity contribution in [3.05, 3.63) is 52.6 Å².